The van der Waals surface area contributed by atoms with Crippen LogP contribution in [0.5, 0.6) is 0 Å². The molecule has 1 aliphatic rings. The van der Waals surface area contributed by atoms with Gasteiger partial charge in [0, 0.05) is 0 Å². The highest BCUT2D eigenvalue weighted by molar-refractivity contribution is 5.81. The maximum absolute atomic E-state index is 6.27. The van der Waals surface area contributed by atoms with Crippen LogP contribution in [-0.4, -0.2) is 0 Å². The molecule has 0 saturated heterocycles. The quantitative estimate of drug-likeness (QED) is 0.616. The molecular formula is C16H13. The van der Waals surface area contributed by atoms with Gasteiger partial charge in [0.2, 0.25) is 0 Å². The molecule has 0 nitrogen and oxygen atoms in total. The number of aryl methyl sites for hydroxylation is 2. The molecule has 1 aliphatic carbocycles. The van der Waals surface area contributed by atoms with Crippen molar-refractivity contribution in [3.05, 3.63) is 77.4 Å². The summed E-state index contributed by atoms with van der Waals surface area (Å²) in [7, 11) is 0. The normalized spacial score (nSPS) is 13.9. The zero-order valence-electron chi connectivity index (χ0n) is 9.11. The van der Waals surface area contributed by atoms with Gasteiger partial charge in [-0.3, -0.25) is 0 Å². The van der Waals surface area contributed by atoms with Crippen molar-refractivity contribution in [2.75, 3.05) is 0 Å². The molecule has 2 aromatic carbocycles. The lowest BCUT2D eigenvalue weighted by molar-refractivity contribution is 0.965. The lowest BCUT2D eigenvalue weighted by Crippen LogP contribution is -1.90. The molecule has 0 atom stereocenters. The third kappa shape index (κ3) is 1.38. The van der Waals surface area contributed by atoms with Gasteiger partial charge in [-0.05, 0) is 40.7 Å². The smallest absolute Gasteiger partial charge is 0.0106 e. The zero-order chi connectivity index (χ0) is 11.0. The number of hydrogen-bond acceptors (Lipinski definition) is 0. The van der Waals surface area contributed by atoms with E-state index in [9.17, 15) is 0 Å². The SMILES string of the molecule is [CH]=C1c2ccccc2CCc2ccccc21. The fourth-order valence-corrected chi connectivity index (χ4v) is 2.42. The van der Waals surface area contributed by atoms with Crippen molar-refractivity contribution in [2.24, 2.45) is 0 Å². The van der Waals surface area contributed by atoms with Gasteiger partial charge in [0.1, 0.15) is 0 Å². The predicted molar refractivity (Wildman–Crippen MR) is 67.1 cm³/mol. The Bertz CT molecular complexity index is 500. The van der Waals surface area contributed by atoms with E-state index in [1.54, 1.807) is 0 Å². The molecule has 2 aromatic rings. The molecule has 3 rings (SSSR count). The lowest BCUT2D eigenvalue weighted by Gasteiger charge is -2.08. The van der Waals surface area contributed by atoms with Crippen LogP contribution in [0.15, 0.2) is 48.5 Å². The molecule has 0 fully saturated rings. The predicted octanol–water partition coefficient (Wildman–Crippen LogP) is 3.65. The van der Waals surface area contributed by atoms with Crippen LogP contribution in [0.2, 0.25) is 0 Å². The lowest BCUT2D eigenvalue weighted by atomic mass is 9.96. The Kier molecular flexibility index (Phi) is 2.14. The van der Waals surface area contributed by atoms with Crippen molar-refractivity contribution in [2.45, 2.75) is 12.8 Å². The third-order valence-corrected chi connectivity index (χ3v) is 3.28. The molecule has 1 radical (unpaired) electrons. The Morgan fingerprint density at radius 3 is 1.62 bits per heavy atom. The van der Waals surface area contributed by atoms with Crippen molar-refractivity contribution in [1.29, 1.82) is 0 Å². The summed E-state index contributed by atoms with van der Waals surface area (Å²) in [5.74, 6) is 0. The molecule has 0 N–H and O–H groups in total. The summed E-state index contributed by atoms with van der Waals surface area (Å²) in [5.41, 5.74) is 6.04. The average Bonchev–Trinajstić information content (AvgIpc) is 2.49. The van der Waals surface area contributed by atoms with Gasteiger partial charge in [-0.15, -0.1) is 0 Å². The second-order valence-electron chi connectivity index (χ2n) is 4.23. The fraction of sp³-hybridized carbons (Fsp3) is 0.125. The minimum Gasteiger partial charge on any atom is -0.0620 e. The van der Waals surface area contributed by atoms with Gasteiger partial charge in [0.05, 0.1) is 0 Å². The van der Waals surface area contributed by atoms with E-state index in [0.717, 1.165) is 18.4 Å². The van der Waals surface area contributed by atoms with E-state index in [0.29, 0.717) is 0 Å². The van der Waals surface area contributed by atoms with Crippen LogP contribution in [-0.2, 0) is 12.8 Å². The van der Waals surface area contributed by atoms with E-state index in [2.05, 4.69) is 48.5 Å². The van der Waals surface area contributed by atoms with Gasteiger partial charge < -0.3 is 0 Å². The molecule has 0 spiro atoms. The Morgan fingerprint density at radius 1 is 0.688 bits per heavy atom. The Labute approximate surface area is 96.3 Å². The molecule has 0 saturated carbocycles. The minimum absolute atomic E-state index is 0.920. The molecule has 0 amide bonds. The minimum atomic E-state index is 0.920. The summed E-state index contributed by atoms with van der Waals surface area (Å²) >= 11 is 0. The van der Waals surface area contributed by atoms with E-state index in [-0.39, 0.29) is 0 Å². The first-order valence-electron chi connectivity index (χ1n) is 5.65. The van der Waals surface area contributed by atoms with Crippen molar-refractivity contribution < 1.29 is 0 Å². The standard InChI is InChI=1S/C16H13/c1-12-15-8-4-2-6-13(15)10-11-14-7-3-5-9-16(12)14/h1-9H,10-11H2. The van der Waals surface area contributed by atoms with Gasteiger partial charge in [0.15, 0.2) is 0 Å². The van der Waals surface area contributed by atoms with Crippen molar-refractivity contribution in [3.63, 3.8) is 0 Å². The van der Waals surface area contributed by atoms with Gasteiger partial charge in [-0.1, -0.05) is 55.1 Å². The van der Waals surface area contributed by atoms with Crippen LogP contribution >= 0.6 is 0 Å². The zero-order valence-corrected chi connectivity index (χ0v) is 9.11. The van der Waals surface area contributed by atoms with Gasteiger partial charge in [0.25, 0.3) is 0 Å². The highest BCUT2D eigenvalue weighted by Gasteiger charge is 2.15. The summed E-state index contributed by atoms with van der Waals surface area (Å²) in [6, 6.07) is 16.9. The van der Waals surface area contributed by atoms with Crippen LogP contribution in [0.4, 0.5) is 0 Å². The maximum atomic E-state index is 6.27. The first kappa shape index (κ1) is 9.41. The molecule has 0 heterocycles. The first-order chi connectivity index (χ1) is 7.86. The molecule has 0 aliphatic heterocycles. The highest BCUT2D eigenvalue weighted by atomic mass is 14.2. The number of benzene rings is 2. The van der Waals surface area contributed by atoms with Crippen LogP contribution in [0.1, 0.15) is 22.3 Å². The van der Waals surface area contributed by atoms with E-state index >= 15 is 0 Å². The van der Waals surface area contributed by atoms with Gasteiger partial charge in [-0.25, -0.2) is 0 Å². The molecule has 0 heteroatoms. The fourth-order valence-electron chi connectivity index (χ4n) is 2.42. The Morgan fingerprint density at radius 2 is 1.12 bits per heavy atom. The summed E-state index contributed by atoms with van der Waals surface area (Å²) in [6.07, 6.45) is 2.15. The van der Waals surface area contributed by atoms with E-state index in [4.69, 9.17) is 6.58 Å². The summed E-state index contributed by atoms with van der Waals surface area (Å²) < 4.78 is 0. The number of fused-ring (bicyclic) bond motifs is 2. The highest BCUT2D eigenvalue weighted by Crippen LogP contribution is 2.31. The monoisotopic (exact) mass is 205 g/mol. The molecule has 0 bridgehead atoms. The van der Waals surface area contributed by atoms with Crippen LogP contribution in [0.25, 0.3) is 5.57 Å². The molecule has 0 unspecified atom stereocenters. The molecule has 77 valence electrons. The maximum Gasteiger partial charge on any atom is -0.0106 e. The van der Waals surface area contributed by atoms with Crippen molar-refractivity contribution >= 4 is 5.57 Å². The largest absolute Gasteiger partial charge is 0.0620 e. The Balaban J connectivity index is 2.22. The summed E-state index contributed by atoms with van der Waals surface area (Å²) in [4.78, 5) is 0. The van der Waals surface area contributed by atoms with Crippen LogP contribution in [0.3, 0.4) is 0 Å². The van der Waals surface area contributed by atoms with E-state index < -0.39 is 0 Å². The van der Waals surface area contributed by atoms with Crippen LogP contribution in [0, 0.1) is 6.58 Å². The van der Waals surface area contributed by atoms with E-state index in [1.807, 2.05) is 0 Å². The first-order valence-corrected chi connectivity index (χ1v) is 5.65. The van der Waals surface area contributed by atoms with E-state index in [1.165, 1.54) is 22.3 Å². The third-order valence-electron chi connectivity index (χ3n) is 3.28. The molecular weight excluding hydrogens is 192 g/mol. The van der Waals surface area contributed by atoms with Crippen LogP contribution < -0.4 is 0 Å². The molecule has 0 aromatic heterocycles. The summed E-state index contributed by atoms with van der Waals surface area (Å²) in [5, 5.41) is 0. The number of hydrogen-bond donors (Lipinski definition) is 0. The molecule has 16 heavy (non-hydrogen) atoms. The van der Waals surface area contributed by atoms with Gasteiger partial charge >= 0.3 is 0 Å². The van der Waals surface area contributed by atoms with Gasteiger partial charge in [-0.2, -0.15) is 0 Å². The average molecular weight is 205 g/mol. The topological polar surface area (TPSA) is 0 Å². The second kappa shape index (κ2) is 3.64. The van der Waals surface area contributed by atoms with Crippen molar-refractivity contribution in [1.82, 2.24) is 0 Å². The summed E-state index contributed by atoms with van der Waals surface area (Å²) in [6.45, 7) is 6.27. The van der Waals surface area contributed by atoms with Crippen molar-refractivity contribution in [3.8, 4) is 0 Å². The number of rotatable bonds is 0. The Hall–Kier alpha value is -1.82. The second-order valence-corrected chi connectivity index (χ2v) is 4.23.